The molecule has 0 bridgehead atoms. The molecule has 0 radical (unpaired) electrons. The van der Waals surface area contributed by atoms with Crippen LogP contribution in [0.4, 0.5) is 5.69 Å². The lowest BCUT2D eigenvalue weighted by atomic mass is 10.1. The summed E-state index contributed by atoms with van der Waals surface area (Å²) in [5.74, 6) is -1.20. The normalized spacial score (nSPS) is 22.2. The Hall–Kier alpha value is -1.88. The van der Waals surface area contributed by atoms with Crippen LogP contribution >= 0.6 is 0 Å². The van der Waals surface area contributed by atoms with Gasteiger partial charge in [0.05, 0.1) is 0 Å². The summed E-state index contributed by atoms with van der Waals surface area (Å²) in [6.07, 6.45) is -0.691. The maximum Gasteiger partial charge on any atom is 0.332 e. The molecule has 2 atom stereocenters. The zero-order chi connectivity index (χ0) is 14.0. The van der Waals surface area contributed by atoms with Gasteiger partial charge in [0, 0.05) is 12.7 Å². The van der Waals surface area contributed by atoms with Crippen molar-refractivity contribution in [2.45, 2.75) is 32.0 Å². The number of carboxylic acid groups (broad SMARTS) is 1. The summed E-state index contributed by atoms with van der Waals surface area (Å²) < 4.78 is 5.28. The first-order chi connectivity index (χ1) is 9.00. The first kappa shape index (κ1) is 13.5. The molecule has 0 aromatic heterocycles. The fourth-order valence-corrected chi connectivity index (χ4v) is 2.27. The standard InChI is InChI=1S/C14H17NO4/c1-9-5-3-4-6-10(9)15(2)13(16)11-7-8-12(19-11)14(17)18/h3-6,11-12H,7-8H2,1-2H3,(H,17,18). The van der Waals surface area contributed by atoms with Crippen molar-refractivity contribution < 1.29 is 19.4 Å². The van der Waals surface area contributed by atoms with Crippen molar-refractivity contribution in [3.63, 3.8) is 0 Å². The Balaban J connectivity index is 2.09. The van der Waals surface area contributed by atoms with Crippen molar-refractivity contribution in [1.29, 1.82) is 0 Å². The second-order valence-corrected chi connectivity index (χ2v) is 4.71. The van der Waals surface area contributed by atoms with Gasteiger partial charge in [0.15, 0.2) is 6.10 Å². The molecule has 1 heterocycles. The summed E-state index contributed by atoms with van der Waals surface area (Å²) in [4.78, 5) is 24.6. The number of rotatable bonds is 3. The van der Waals surface area contributed by atoms with Crippen LogP contribution in [0.1, 0.15) is 18.4 Å². The van der Waals surface area contributed by atoms with Gasteiger partial charge >= 0.3 is 5.97 Å². The molecule has 1 N–H and O–H groups in total. The van der Waals surface area contributed by atoms with Crippen molar-refractivity contribution in [3.8, 4) is 0 Å². The predicted octanol–water partition coefficient (Wildman–Crippen LogP) is 1.59. The third-order valence-electron chi connectivity index (χ3n) is 3.38. The van der Waals surface area contributed by atoms with Gasteiger partial charge in [-0.2, -0.15) is 0 Å². The number of benzene rings is 1. The van der Waals surface area contributed by atoms with Crippen LogP contribution in [0, 0.1) is 6.92 Å². The van der Waals surface area contributed by atoms with Gasteiger partial charge in [-0.15, -0.1) is 0 Å². The van der Waals surface area contributed by atoms with Gasteiger partial charge in [0.1, 0.15) is 6.10 Å². The van der Waals surface area contributed by atoms with Crippen LogP contribution in [0.5, 0.6) is 0 Å². The van der Waals surface area contributed by atoms with Crippen LogP contribution in [0.2, 0.25) is 0 Å². The van der Waals surface area contributed by atoms with Gasteiger partial charge in [-0.25, -0.2) is 4.79 Å². The molecular weight excluding hydrogens is 246 g/mol. The molecule has 0 saturated carbocycles. The van der Waals surface area contributed by atoms with E-state index in [1.165, 1.54) is 4.90 Å². The van der Waals surface area contributed by atoms with E-state index >= 15 is 0 Å². The number of aliphatic carboxylic acids is 1. The molecule has 102 valence electrons. The van der Waals surface area contributed by atoms with E-state index < -0.39 is 18.2 Å². The minimum Gasteiger partial charge on any atom is -0.479 e. The summed E-state index contributed by atoms with van der Waals surface area (Å²) in [6.45, 7) is 1.93. The first-order valence-corrected chi connectivity index (χ1v) is 6.22. The maximum absolute atomic E-state index is 12.3. The van der Waals surface area contributed by atoms with Crippen LogP contribution < -0.4 is 4.90 Å². The number of hydrogen-bond donors (Lipinski definition) is 1. The molecule has 19 heavy (non-hydrogen) atoms. The summed E-state index contributed by atoms with van der Waals surface area (Å²) in [7, 11) is 1.68. The van der Waals surface area contributed by atoms with Crippen LogP contribution in [-0.2, 0) is 14.3 Å². The summed E-state index contributed by atoms with van der Waals surface area (Å²) >= 11 is 0. The van der Waals surface area contributed by atoms with E-state index in [9.17, 15) is 9.59 Å². The van der Waals surface area contributed by atoms with Gasteiger partial charge in [0.25, 0.3) is 5.91 Å². The van der Waals surface area contributed by atoms with Crippen molar-refractivity contribution in [2.24, 2.45) is 0 Å². The molecule has 1 aromatic rings. The highest BCUT2D eigenvalue weighted by Gasteiger charge is 2.36. The van der Waals surface area contributed by atoms with Gasteiger partial charge in [-0.05, 0) is 31.4 Å². The Bertz CT molecular complexity index is 500. The Labute approximate surface area is 111 Å². The Morgan fingerprint density at radius 2 is 1.89 bits per heavy atom. The summed E-state index contributed by atoms with van der Waals surface area (Å²) in [6, 6.07) is 7.55. The molecule has 0 aliphatic carbocycles. The highest BCUT2D eigenvalue weighted by molar-refractivity contribution is 5.97. The van der Waals surface area contributed by atoms with Gasteiger partial charge < -0.3 is 14.7 Å². The molecule has 2 unspecified atom stereocenters. The number of anilines is 1. The topological polar surface area (TPSA) is 66.8 Å². The lowest BCUT2D eigenvalue weighted by Crippen LogP contribution is -2.37. The van der Waals surface area contributed by atoms with E-state index in [0.717, 1.165) is 11.3 Å². The fourth-order valence-electron chi connectivity index (χ4n) is 2.27. The van der Waals surface area contributed by atoms with Gasteiger partial charge in [-0.3, -0.25) is 4.79 Å². The average Bonchev–Trinajstić information content (AvgIpc) is 2.87. The Morgan fingerprint density at radius 1 is 1.26 bits per heavy atom. The molecule has 5 nitrogen and oxygen atoms in total. The summed E-state index contributed by atoms with van der Waals surface area (Å²) in [5.41, 5.74) is 1.81. The van der Waals surface area contributed by atoms with E-state index in [2.05, 4.69) is 0 Å². The van der Waals surface area contributed by atoms with Crippen LogP contribution in [0.15, 0.2) is 24.3 Å². The van der Waals surface area contributed by atoms with E-state index in [1.807, 2.05) is 31.2 Å². The number of ether oxygens (including phenoxy) is 1. The number of carbonyl (C=O) groups excluding carboxylic acids is 1. The molecule has 1 aromatic carbocycles. The number of carboxylic acids is 1. The lowest BCUT2D eigenvalue weighted by Gasteiger charge is -2.22. The zero-order valence-corrected chi connectivity index (χ0v) is 11.0. The van der Waals surface area contributed by atoms with Gasteiger partial charge in [-0.1, -0.05) is 18.2 Å². The third kappa shape index (κ3) is 2.76. The highest BCUT2D eigenvalue weighted by atomic mass is 16.5. The second kappa shape index (κ2) is 5.40. The smallest absolute Gasteiger partial charge is 0.332 e. The molecule has 1 saturated heterocycles. The van der Waals surface area contributed by atoms with E-state index in [1.54, 1.807) is 7.05 Å². The fraction of sp³-hybridized carbons (Fsp3) is 0.429. The molecule has 1 fully saturated rings. The molecular formula is C14H17NO4. The number of nitrogens with zero attached hydrogens (tertiary/aromatic N) is 1. The minimum atomic E-state index is -1.01. The number of carbonyl (C=O) groups is 2. The molecule has 5 heteroatoms. The zero-order valence-electron chi connectivity index (χ0n) is 11.0. The van der Waals surface area contributed by atoms with Crippen molar-refractivity contribution in [2.75, 3.05) is 11.9 Å². The number of aryl methyl sites for hydroxylation is 1. The molecule has 1 aliphatic rings. The number of hydrogen-bond acceptors (Lipinski definition) is 3. The largest absolute Gasteiger partial charge is 0.479 e. The number of para-hydroxylation sites is 1. The highest BCUT2D eigenvalue weighted by Crippen LogP contribution is 2.25. The molecule has 0 spiro atoms. The SMILES string of the molecule is Cc1ccccc1N(C)C(=O)C1CCC(C(=O)O)O1. The van der Waals surface area contributed by atoms with Crippen LogP contribution in [0.3, 0.4) is 0 Å². The quantitative estimate of drug-likeness (QED) is 0.899. The summed E-state index contributed by atoms with van der Waals surface area (Å²) in [5, 5.41) is 8.86. The third-order valence-corrected chi connectivity index (χ3v) is 3.38. The van der Waals surface area contributed by atoms with Crippen molar-refractivity contribution >= 4 is 17.6 Å². The Kier molecular flexibility index (Phi) is 3.85. The average molecular weight is 263 g/mol. The molecule has 1 aliphatic heterocycles. The monoisotopic (exact) mass is 263 g/mol. The maximum atomic E-state index is 12.3. The molecule has 2 rings (SSSR count). The van der Waals surface area contributed by atoms with Crippen molar-refractivity contribution in [1.82, 2.24) is 0 Å². The predicted molar refractivity (Wildman–Crippen MR) is 70.1 cm³/mol. The van der Waals surface area contributed by atoms with E-state index in [4.69, 9.17) is 9.84 Å². The number of likely N-dealkylation sites (N-methyl/N-ethyl adjacent to an activating group) is 1. The Morgan fingerprint density at radius 3 is 2.47 bits per heavy atom. The number of amides is 1. The lowest BCUT2D eigenvalue weighted by molar-refractivity contribution is -0.151. The van der Waals surface area contributed by atoms with E-state index in [-0.39, 0.29) is 5.91 Å². The van der Waals surface area contributed by atoms with Crippen LogP contribution in [-0.4, -0.2) is 36.2 Å². The first-order valence-electron chi connectivity index (χ1n) is 6.22. The van der Waals surface area contributed by atoms with Crippen molar-refractivity contribution in [3.05, 3.63) is 29.8 Å². The second-order valence-electron chi connectivity index (χ2n) is 4.71. The van der Waals surface area contributed by atoms with Gasteiger partial charge in [0.2, 0.25) is 0 Å². The minimum absolute atomic E-state index is 0.196. The van der Waals surface area contributed by atoms with Crippen LogP contribution in [0.25, 0.3) is 0 Å². The van der Waals surface area contributed by atoms with E-state index in [0.29, 0.717) is 12.8 Å². The molecule has 1 amide bonds.